The van der Waals surface area contributed by atoms with Gasteiger partial charge in [0.1, 0.15) is 20.7 Å². The molecule has 0 aliphatic heterocycles. The highest BCUT2D eigenvalue weighted by molar-refractivity contribution is 9.10. The summed E-state index contributed by atoms with van der Waals surface area (Å²) in [5.41, 5.74) is 1.71. The number of rotatable bonds is 2. The quantitative estimate of drug-likeness (QED) is 0.622. The lowest BCUT2D eigenvalue weighted by molar-refractivity contribution is 0.562. The van der Waals surface area contributed by atoms with Crippen molar-refractivity contribution in [3.63, 3.8) is 0 Å². The minimum Gasteiger partial charge on any atom is -0.591 e. The van der Waals surface area contributed by atoms with Crippen LogP contribution in [-0.4, -0.2) is 20.5 Å². The van der Waals surface area contributed by atoms with Gasteiger partial charge in [-0.15, -0.1) is 11.3 Å². The Morgan fingerprint density at radius 1 is 1.64 bits per heavy atom. The Morgan fingerprint density at radius 2 is 2.29 bits per heavy atom. The van der Waals surface area contributed by atoms with E-state index in [4.69, 9.17) is 0 Å². The van der Waals surface area contributed by atoms with Crippen molar-refractivity contribution in [2.24, 2.45) is 4.40 Å². The van der Waals surface area contributed by atoms with Gasteiger partial charge in [-0.3, -0.25) is 0 Å². The van der Waals surface area contributed by atoms with Gasteiger partial charge in [-0.1, -0.05) is 4.40 Å². The van der Waals surface area contributed by atoms with Crippen LogP contribution in [0.4, 0.5) is 0 Å². The second-order valence-electron chi connectivity index (χ2n) is 3.60. The van der Waals surface area contributed by atoms with Crippen LogP contribution in [0.25, 0.3) is 0 Å². The third-order valence-electron chi connectivity index (χ3n) is 1.34. The Labute approximate surface area is 99.1 Å². The van der Waals surface area contributed by atoms with Crippen molar-refractivity contribution in [3.05, 3.63) is 15.0 Å². The van der Waals surface area contributed by atoms with E-state index < -0.39 is 11.4 Å². The highest BCUT2D eigenvalue weighted by atomic mass is 79.9. The minimum atomic E-state index is -1.20. The molecule has 1 unspecified atom stereocenters. The van der Waals surface area contributed by atoms with Gasteiger partial charge in [0.2, 0.25) is 0 Å². The summed E-state index contributed by atoms with van der Waals surface area (Å²) in [6.07, 6.45) is 1.60. The van der Waals surface area contributed by atoms with Crippen LogP contribution >= 0.6 is 27.3 Å². The van der Waals surface area contributed by atoms with Gasteiger partial charge in [-0.25, -0.2) is 4.98 Å². The van der Waals surface area contributed by atoms with Crippen LogP contribution < -0.4 is 0 Å². The number of aromatic nitrogens is 1. The summed E-state index contributed by atoms with van der Waals surface area (Å²) >= 11 is 3.53. The first kappa shape index (κ1) is 12.2. The van der Waals surface area contributed by atoms with E-state index in [1.807, 2.05) is 20.8 Å². The standard InChI is InChI=1S/C8H11BrN2OS2/c1-8(2,3)14(12)11-4-6-7(9)10-5-13-6/h4-5H,1-3H3/b11-4+. The van der Waals surface area contributed by atoms with E-state index in [1.165, 1.54) is 11.3 Å². The van der Waals surface area contributed by atoms with E-state index in [-0.39, 0.29) is 4.75 Å². The van der Waals surface area contributed by atoms with Crippen LogP contribution in [0, 0.1) is 0 Å². The summed E-state index contributed by atoms with van der Waals surface area (Å²) in [5.74, 6) is 0. The number of thiazole rings is 1. The Bertz CT molecular complexity index is 332. The van der Waals surface area contributed by atoms with E-state index in [2.05, 4.69) is 25.3 Å². The first-order valence-electron chi connectivity index (χ1n) is 3.96. The third-order valence-corrected chi connectivity index (χ3v) is 4.34. The first-order valence-corrected chi connectivity index (χ1v) is 6.74. The molecule has 0 spiro atoms. The molecule has 0 aliphatic rings. The van der Waals surface area contributed by atoms with Gasteiger partial charge >= 0.3 is 0 Å². The van der Waals surface area contributed by atoms with Gasteiger partial charge in [-0.05, 0) is 36.7 Å². The van der Waals surface area contributed by atoms with Crippen molar-refractivity contribution >= 4 is 44.8 Å². The summed E-state index contributed by atoms with van der Waals surface area (Å²) in [4.78, 5) is 4.89. The van der Waals surface area contributed by atoms with Gasteiger partial charge < -0.3 is 4.55 Å². The van der Waals surface area contributed by atoms with Crippen molar-refractivity contribution in [1.82, 2.24) is 4.98 Å². The lowest BCUT2D eigenvalue weighted by Crippen LogP contribution is -2.25. The third kappa shape index (κ3) is 3.34. The highest BCUT2D eigenvalue weighted by Gasteiger charge is 2.25. The molecule has 0 aliphatic carbocycles. The summed E-state index contributed by atoms with van der Waals surface area (Å²) < 4.78 is 16.0. The maximum absolute atomic E-state index is 11.6. The van der Waals surface area contributed by atoms with Crippen LogP contribution in [-0.2, 0) is 11.4 Å². The number of halogens is 1. The van der Waals surface area contributed by atoms with Crippen LogP contribution in [0.1, 0.15) is 25.6 Å². The molecule has 0 N–H and O–H groups in total. The van der Waals surface area contributed by atoms with Gasteiger partial charge in [0, 0.05) is 0 Å². The van der Waals surface area contributed by atoms with Crippen LogP contribution in [0.15, 0.2) is 14.5 Å². The molecular weight excluding hydrogens is 284 g/mol. The largest absolute Gasteiger partial charge is 0.591 e. The molecule has 0 saturated heterocycles. The maximum Gasteiger partial charge on any atom is 0.144 e. The predicted octanol–water partition coefficient (Wildman–Crippen LogP) is 2.79. The summed E-state index contributed by atoms with van der Waals surface area (Å²) in [5, 5.41) is 0. The number of nitrogens with zero attached hydrogens (tertiary/aromatic N) is 2. The molecule has 3 nitrogen and oxygen atoms in total. The second-order valence-corrected chi connectivity index (χ2v) is 7.17. The SMILES string of the molecule is CC(C)(C)[S+]([O-])/N=C/c1scnc1Br. The van der Waals surface area contributed by atoms with Crippen LogP contribution in [0.2, 0.25) is 0 Å². The van der Waals surface area contributed by atoms with E-state index >= 15 is 0 Å². The van der Waals surface area contributed by atoms with Gasteiger partial charge in [0.05, 0.1) is 16.6 Å². The van der Waals surface area contributed by atoms with Crippen LogP contribution in [0.5, 0.6) is 0 Å². The molecule has 6 heteroatoms. The molecule has 1 atom stereocenters. The molecule has 1 aromatic rings. The van der Waals surface area contributed by atoms with Crippen molar-refractivity contribution in [1.29, 1.82) is 0 Å². The smallest absolute Gasteiger partial charge is 0.144 e. The maximum atomic E-state index is 11.6. The van der Waals surface area contributed by atoms with Gasteiger partial charge in [-0.2, -0.15) is 0 Å². The topological polar surface area (TPSA) is 48.3 Å². The lowest BCUT2D eigenvalue weighted by Gasteiger charge is -2.17. The normalized spacial score (nSPS) is 14.9. The zero-order chi connectivity index (χ0) is 10.8. The van der Waals surface area contributed by atoms with Crippen molar-refractivity contribution in [2.45, 2.75) is 25.5 Å². The summed E-state index contributed by atoms with van der Waals surface area (Å²) in [6.45, 7) is 5.67. The first-order chi connectivity index (χ1) is 6.41. The Kier molecular flexibility index (Phi) is 4.12. The number of hydrogen-bond donors (Lipinski definition) is 0. The Hall–Kier alpha value is 0.0900. The van der Waals surface area contributed by atoms with Crippen molar-refractivity contribution < 1.29 is 4.55 Å². The monoisotopic (exact) mass is 294 g/mol. The van der Waals surface area contributed by atoms with E-state index in [9.17, 15) is 4.55 Å². The Balaban J connectivity index is 2.70. The average molecular weight is 295 g/mol. The molecule has 0 aromatic carbocycles. The minimum absolute atomic E-state index is 0.312. The Morgan fingerprint density at radius 3 is 2.71 bits per heavy atom. The van der Waals surface area contributed by atoms with E-state index in [0.29, 0.717) is 0 Å². The average Bonchev–Trinajstić information content (AvgIpc) is 2.45. The molecule has 0 bridgehead atoms. The predicted molar refractivity (Wildman–Crippen MR) is 65.3 cm³/mol. The van der Waals surface area contributed by atoms with Crippen molar-refractivity contribution in [3.8, 4) is 0 Å². The lowest BCUT2D eigenvalue weighted by atomic mass is 10.3. The van der Waals surface area contributed by atoms with Crippen molar-refractivity contribution in [2.75, 3.05) is 0 Å². The molecule has 1 heterocycles. The molecule has 78 valence electrons. The second kappa shape index (κ2) is 4.74. The zero-order valence-electron chi connectivity index (χ0n) is 8.15. The molecule has 1 aromatic heterocycles. The fourth-order valence-corrected chi connectivity index (χ4v) is 2.32. The molecule has 0 radical (unpaired) electrons. The summed E-state index contributed by atoms with van der Waals surface area (Å²) in [6, 6.07) is 0. The molecule has 0 amide bonds. The molecule has 1 rings (SSSR count). The molecule has 0 fully saturated rings. The molecular formula is C8H11BrN2OS2. The van der Waals surface area contributed by atoms with E-state index in [1.54, 1.807) is 11.7 Å². The van der Waals surface area contributed by atoms with Gasteiger partial charge in [0.25, 0.3) is 0 Å². The fourth-order valence-electron chi connectivity index (χ4n) is 0.579. The summed E-state index contributed by atoms with van der Waals surface area (Å²) in [7, 11) is 0. The highest BCUT2D eigenvalue weighted by Crippen LogP contribution is 2.20. The fraction of sp³-hybridized carbons (Fsp3) is 0.500. The van der Waals surface area contributed by atoms with E-state index in [0.717, 1.165) is 9.48 Å². The number of hydrogen-bond acceptors (Lipinski definition) is 4. The zero-order valence-corrected chi connectivity index (χ0v) is 11.4. The molecule has 14 heavy (non-hydrogen) atoms. The van der Waals surface area contributed by atoms with Crippen LogP contribution in [0.3, 0.4) is 0 Å². The molecule has 0 saturated carbocycles. The van der Waals surface area contributed by atoms with Gasteiger partial charge in [0.15, 0.2) is 0 Å².